The van der Waals surface area contributed by atoms with Gasteiger partial charge >= 0.3 is 0 Å². The number of nitrogens with zero attached hydrogens (tertiary/aromatic N) is 2. The molecule has 15 N–H and O–H groups in total. The molecule has 0 aromatic heterocycles. The normalized spacial score (nSPS) is 24.3. The number of nitrogens with one attached hydrogen (secondary N) is 6. The van der Waals surface area contributed by atoms with Crippen molar-refractivity contribution in [3.05, 3.63) is 29.8 Å². The highest BCUT2D eigenvalue weighted by atomic mass is 33.1. The summed E-state index contributed by atoms with van der Waals surface area (Å²) in [4.78, 5) is 153. The lowest BCUT2D eigenvalue weighted by Gasteiger charge is -2.38. The summed E-state index contributed by atoms with van der Waals surface area (Å²) in [7, 11) is 4.04. The average Bonchev–Trinajstić information content (AvgIpc) is 3.86. The molecule has 1 saturated carbocycles. The molecule has 8 atom stereocenters. The van der Waals surface area contributed by atoms with Gasteiger partial charge in [0.15, 0.2) is 0 Å². The molecule has 4 rings (SSSR count). The Bertz CT molecular complexity index is 2200. The van der Waals surface area contributed by atoms with Gasteiger partial charge < -0.3 is 69.7 Å². The van der Waals surface area contributed by atoms with Crippen LogP contribution in [0.15, 0.2) is 24.3 Å². The summed E-state index contributed by atoms with van der Waals surface area (Å²) >= 11 is 0. The molecule has 410 valence electrons. The Balaban J connectivity index is 1.79. The smallest absolute Gasteiger partial charge is 0.246 e. The molecule has 2 heterocycles. The van der Waals surface area contributed by atoms with Crippen molar-refractivity contribution in [3.63, 3.8) is 0 Å². The number of carbonyl (C=O) groups excluding carboxylic acids is 11. The van der Waals surface area contributed by atoms with Crippen LogP contribution in [0.25, 0.3) is 0 Å². The molecule has 2 aliphatic heterocycles. The summed E-state index contributed by atoms with van der Waals surface area (Å²) < 4.78 is -0.725. The van der Waals surface area contributed by atoms with E-state index < -0.39 is 137 Å². The Morgan fingerprint density at radius 3 is 2.14 bits per heavy atom. The number of hydrogen-bond acceptors (Lipinski definition) is 15. The van der Waals surface area contributed by atoms with Crippen LogP contribution in [-0.2, 0) is 59.2 Å². The zero-order valence-corrected chi connectivity index (χ0v) is 44.0. The van der Waals surface area contributed by atoms with Crippen LogP contribution in [0, 0.1) is 5.92 Å². The molecule has 74 heavy (non-hydrogen) atoms. The third-order valence-electron chi connectivity index (χ3n) is 13.6. The summed E-state index contributed by atoms with van der Waals surface area (Å²) in [6.45, 7) is 3.24. The summed E-state index contributed by atoms with van der Waals surface area (Å²) in [5.41, 5.74) is 22.6. The van der Waals surface area contributed by atoms with Crippen LogP contribution in [-0.4, -0.2) is 159 Å². The number of nitrogens with two attached hydrogens (primary N) is 4. The van der Waals surface area contributed by atoms with Gasteiger partial charge in [-0.25, -0.2) is 0 Å². The number of amides is 11. The zero-order valence-electron chi connectivity index (χ0n) is 42.3. The Morgan fingerprint density at radius 2 is 1.51 bits per heavy atom. The van der Waals surface area contributed by atoms with Crippen molar-refractivity contribution >= 4 is 86.6 Å². The van der Waals surface area contributed by atoms with E-state index in [9.17, 15) is 57.8 Å². The van der Waals surface area contributed by atoms with Crippen molar-refractivity contribution in [2.45, 2.75) is 157 Å². The number of carbonyl (C=O) groups is 11. The number of rotatable bonds is 18. The van der Waals surface area contributed by atoms with E-state index in [1.807, 2.05) is 0 Å². The second kappa shape index (κ2) is 29.1. The lowest BCUT2D eigenvalue weighted by atomic mass is 9.85. The quantitative estimate of drug-likeness (QED) is 0.0722. The molecule has 0 radical (unpaired) electrons. The van der Waals surface area contributed by atoms with E-state index in [0.717, 1.165) is 19.3 Å². The van der Waals surface area contributed by atoms with Crippen molar-refractivity contribution in [1.29, 1.82) is 0 Å². The van der Waals surface area contributed by atoms with Gasteiger partial charge in [0.1, 0.15) is 48.0 Å². The van der Waals surface area contributed by atoms with Gasteiger partial charge in [0.25, 0.3) is 0 Å². The van der Waals surface area contributed by atoms with E-state index >= 15 is 0 Å². The molecule has 1 aliphatic carbocycles. The van der Waals surface area contributed by atoms with Crippen LogP contribution >= 0.6 is 21.6 Å². The number of likely N-dealkylation sites (N-methyl/N-ethyl adjacent to an activating group) is 1. The van der Waals surface area contributed by atoms with Crippen LogP contribution in [0.2, 0.25) is 0 Å². The fraction of sp³-hybridized carbons (Fsp3) is 0.646. The lowest BCUT2D eigenvalue weighted by molar-refractivity contribution is -0.142. The maximum atomic E-state index is 14.8. The van der Waals surface area contributed by atoms with Gasteiger partial charge in [-0.05, 0) is 75.1 Å². The van der Waals surface area contributed by atoms with Crippen LogP contribution < -0.4 is 54.8 Å². The Hall–Kier alpha value is -6.15. The molecular weight excluding hydrogens is 1000 g/mol. The van der Waals surface area contributed by atoms with Gasteiger partial charge in [0, 0.05) is 43.4 Å². The first kappa shape index (κ1) is 60.4. The number of hydrogen-bond donors (Lipinski definition) is 11. The lowest BCUT2D eigenvalue weighted by Crippen LogP contribution is -2.61. The third-order valence-corrected chi connectivity index (χ3v) is 16.9. The molecule has 26 heteroatoms. The molecule has 11 amide bonds. The molecule has 0 unspecified atom stereocenters. The van der Waals surface area contributed by atoms with E-state index in [1.54, 1.807) is 26.0 Å². The van der Waals surface area contributed by atoms with Crippen molar-refractivity contribution < 1.29 is 57.8 Å². The Kier molecular flexibility index (Phi) is 23.7. The minimum Gasteiger partial charge on any atom is -0.508 e. The largest absolute Gasteiger partial charge is 0.508 e. The molecule has 3 aliphatic rings. The Labute approximate surface area is 438 Å². The maximum Gasteiger partial charge on any atom is 0.246 e. The first-order valence-corrected chi connectivity index (χ1v) is 27.4. The SMILES string of the molecule is CC[C@H](C)[C@@H]1NC(=O)[C@H](Cc2ccc(O)cc2)N(C)C(=O)CC2(CCCCC2)SSC[C@H](C(=O)N2CCC[C@H]2C(=O)N[C@@H](CCCN)C(=O)NCC(N)=O)NC(=O)[C@H](CC(N)=O)NC(=O)[C@H](CCC(N)=O)NC1=O. The van der Waals surface area contributed by atoms with Gasteiger partial charge in [0.05, 0.1) is 13.0 Å². The molecule has 24 nitrogen and oxygen atoms in total. The van der Waals surface area contributed by atoms with Crippen LogP contribution in [0.3, 0.4) is 0 Å². The minimum absolute atomic E-state index is 0.0147. The van der Waals surface area contributed by atoms with E-state index in [1.165, 1.54) is 50.6 Å². The molecule has 0 bridgehead atoms. The highest BCUT2D eigenvalue weighted by Crippen LogP contribution is 2.49. The highest BCUT2D eigenvalue weighted by Gasteiger charge is 2.43. The predicted molar refractivity (Wildman–Crippen MR) is 275 cm³/mol. The van der Waals surface area contributed by atoms with E-state index in [2.05, 4.69) is 31.9 Å². The number of phenolic OH excluding ortho intramolecular Hbond substituents is 1. The van der Waals surface area contributed by atoms with E-state index in [4.69, 9.17) is 22.9 Å². The van der Waals surface area contributed by atoms with Crippen LogP contribution in [0.1, 0.15) is 109 Å². The second-order valence-electron chi connectivity index (χ2n) is 19.3. The molecule has 1 aromatic carbocycles. The second-order valence-corrected chi connectivity index (χ2v) is 22.1. The molecule has 3 fully saturated rings. The molecular formula is C48H74N12O12S2. The predicted octanol–water partition coefficient (Wildman–Crippen LogP) is -1.81. The number of phenols is 1. The standard InChI is InChI=1S/C48H74N12O12S2/c1-4-27(2)40-46(71)55-31(16-17-36(50)62)42(67)56-32(23-37(51)63)43(68)57-33(47(72)60-21-9-11-34(60)44(69)54-30(10-8-20-49)41(66)53-25-38(52)64)26-73-74-48(18-6-5-7-19-48)24-39(65)59(3)35(45(70)58-40)22-28-12-14-29(61)15-13-28/h12-15,27,30-35,40,61H,4-11,16-26,49H2,1-3H3,(H2,50,62)(H2,51,63)(H2,52,64)(H,53,66)(H,54,69)(H,55,71)(H,56,67)(H,57,68)(H,58,70)/t27-,30-,31-,32-,33+,34-,35-,40-/m0/s1. The van der Waals surface area contributed by atoms with Gasteiger partial charge in [-0.15, -0.1) is 0 Å². The van der Waals surface area contributed by atoms with Crippen molar-refractivity contribution in [3.8, 4) is 5.75 Å². The van der Waals surface area contributed by atoms with Crippen molar-refractivity contribution in [2.24, 2.45) is 28.9 Å². The number of benzene rings is 1. The third kappa shape index (κ3) is 18.1. The number of aromatic hydroxyl groups is 1. The van der Waals surface area contributed by atoms with Crippen LogP contribution in [0.4, 0.5) is 0 Å². The fourth-order valence-electron chi connectivity index (χ4n) is 9.11. The Morgan fingerprint density at radius 1 is 0.851 bits per heavy atom. The fourth-order valence-corrected chi connectivity index (χ4v) is 12.5. The van der Waals surface area contributed by atoms with Gasteiger partial charge in [-0.2, -0.15) is 0 Å². The average molecular weight is 1080 g/mol. The monoisotopic (exact) mass is 1070 g/mol. The molecule has 1 spiro atoms. The van der Waals surface area contributed by atoms with Crippen LogP contribution in [0.5, 0.6) is 5.75 Å². The van der Waals surface area contributed by atoms with E-state index in [0.29, 0.717) is 37.7 Å². The zero-order chi connectivity index (χ0) is 54.7. The molecule has 2 saturated heterocycles. The summed E-state index contributed by atoms with van der Waals surface area (Å²) in [6.07, 6.45) is 3.27. The van der Waals surface area contributed by atoms with Gasteiger partial charge in [-0.3, -0.25) is 52.7 Å². The van der Waals surface area contributed by atoms with E-state index in [-0.39, 0.29) is 56.7 Å². The van der Waals surface area contributed by atoms with Gasteiger partial charge in [0.2, 0.25) is 65.0 Å². The summed E-state index contributed by atoms with van der Waals surface area (Å²) in [5.74, 6) is -9.48. The topological polar surface area (TPSA) is 391 Å². The first-order chi connectivity index (χ1) is 35.1. The number of primary amides is 3. The maximum absolute atomic E-state index is 14.8. The highest BCUT2D eigenvalue weighted by molar-refractivity contribution is 8.77. The van der Waals surface area contributed by atoms with Gasteiger partial charge in [-0.1, -0.05) is 73.3 Å². The molecule has 1 aromatic rings. The summed E-state index contributed by atoms with van der Waals surface area (Å²) in [6, 6.07) is -3.37. The first-order valence-electron chi connectivity index (χ1n) is 25.1. The minimum atomic E-state index is -1.74. The number of likely N-dealkylation sites (tertiary alicyclic amines) is 1. The van der Waals surface area contributed by atoms with Crippen molar-refractivity contribution in [2.75, 3.05) is 32.4 Å². The summed E-state index contributed by atoms with van der Waals surface area (Å²) in [5, 5.41) is 25.6. The van der Waals surface area contributed by atoms with Crippen molar-refractivity contribution in [1.82, 2.24) is 41.7 Å².